The van der Waals surface area contributed by atoms with Gasteiger partial charge in [-0.25, -0.2) is 0 Å². The summed E-state index contributed by atoms with van der Waals surface area (Å²) in [7, 11) is 4.26. The second-order valence-electron chi connectivity index (χ2n) is 6.15. The molecule has 3 atom stereocenters. The molecule has 2 N–H and O–H groups in total. The Morgan fingerprint density at radius 3 is 2.11 bits per heavy atom. The lowest BCUT2D eigenvalue weighted by Crippen LogP contribution is -2.57. The second kappa shape index (κ2) is 5.57. The summed E-state index contributed by atoms with van der Waals surface area (Å²) in [6, 6.07) is 0.978. The lowest BCUT2D eigenvalue weighted by molar-refractivity contribution is -0.137. The number of hydrogen-bond acceptors (Lipinski definition) is 3. The van der Waals surface area contributed by atoms with Crippen LogP contribution in [0.5, 0.6) is 0 Å². The minimum Gasteiger partial charge on any atom is -0.334 e. The monoisotopic (exact) mass is 253 g/mol. The first kappa shape index (κ1) is 13.8. The smallest absolute Gasteiger partial charge is 0.239 e. The van der Waals surface area contributed by atoms with Crippen molar-refractivity contribution in [1.29, 1.82) is 0 Å². The van der Waals surface area contributed by atoms with Crippen LogP contribution >= 0.6 is 0 Å². The van der Waals surface area contributed by atoms with Gasteiger partial charge in [-0.15, -0.1) is 0 Å². The van der Waals surface area contributed by atoms with Gasteiger partial charge in [0.2, 0.25) is 5.91 Å². The zero-order valence-corrected chi connectivity index (χ0v) is 11.9. The molecule has 0 aromatic carbocycles. The Morgan fingerprint density at radius 1 is 1.11 bits per heavy atom. The van der Waals surface area contributed by atoms with Gasteiger partial charge in [0, 0.05) is 18.1 Å². The van der Waals surface area contributed by atoms with E-state index in [0.29, 0.717) is 18.1 Å². The number of nitrogens with zero attached hydrogens (tertiary/aromatic N) is 2. The van der Waals surface area contributed by atoms with Crippen LogP contribution in [0.4, 0.5) is 0 Å². The summed E-state index contributed by atoms with van der Waals surface area (Å²) in [6.45, 7) is 1.81. The highest BCUT2D eigenvalue weighted by atomic mass is 16.2. The van der Waals surface area contributed by atoms with Gasteiger partial charge in [-0.1, -0.05) is 12.8 Å². The lowest BCUT2D eigenvalue weighted by atomic mass is 9.88. The summed E-state index contributed by atoms with van der Waals surface area (Å²) in [6.07, 6.45) is 7.18. The second-order valence-corrected chi connectivity index (χ2v) is 6.15. The zero-order valence-electron chi connectivity index (χ0n) is 11.9. The van der Waals surface area contributed by atoms with Crippen molar-refractivity contribution in [2.75, 3.05) is 14.1 Å². The fourth-order valence-corrected chi connectivity index (χ4v) is 3.22. The number of nitrogens with two attached hydrogens (primary N) is 1. The molecule has 0 aliphatic heterocycles. The molecule has 1 amide bonds. The van der Waals surface area contributed by atoms with Crippen molar-refractivity contribution in [2.45, 2.75) is 69.6 Å². The van der Waals surface area contributed by atoms with Gasteiger partial charge in [0.25, 0.3) is 0 Å². The summed E-state index contributed by atoms with van der Waals surface area (Å²) in [5, 5.41) is 0. The quantitative estimate of drug-likeness (QED) is 0.819. The third kappa shape index (κ3) is 2.86. The van der Waals surface area contributed by atoms with Crippen LogP contribution in [-0.2, 0) is 4.79 Å². The summed E-state index contributed by atoms with van der Waals surface area (Å²) >= 11 is 0. The molecule has 2 saturated carbocycles. The average molecular weight is 253 g/mol. The predicted octanol–water partition coefficient (Wildman–Crippen LogP) is 1.20. The van der Waals surface area contributed by atoms with Crippen molar-refractivity contribution in [3.63, 3.8) is 0 Å². The molecule has 0 aromatic heterocycles. The molecule has 104 valence electrons. The molecule has 2 rings (SSSR count). The van der Waals surface area contributed by atoms with Crippen LogP contribution in [0.3, 0.4) is 0 Å². The van der Waals surface area contributed by atoms with E-state index in [2.05, 4.69) is 23.9 Å². The van der Waals surface area contributed by atoms with Gasteiger partial charge in [-0.05, 0) is 46.7 Å². The first-order valence-corrected chi connectivity index (χ1v) is 7.26. The molecule has 2 aliphatic rings. The topological polar surface area (TPSA) is 49.6 Å². The Balaban J connectivity index is 2.15. The first-order valence-electron chi connectivity index (χ1n) is 7.26. The largest absolute Gasteiger partial charge is 0.334 e. The highest BCUT2D eigenvalue weighted by molar-refractivity contribution is 5.82. The molecular weight excluding hydrogens is 226 g/mol. The molecule has 18 heavy (non-hydrogen) atoms. The number of hydrogen-bond donors (Lipinski definition) is 1. The maximum Gasteiger partial charge on any atom is 0.239 e. The normalized spacial score (nSPS) is 30.3. The molecule has 2 fully saturated rings. The summed E-state index contributed by atoms with van der Waals surface area (Å²) in [5.41, 5.74) is 5.83. The van der Waals surface area contributed by atoms with E-state index in [-0.39, 0.29) is 11.9 Å². The molecule has 0 radical (unpaired) electrons. The molecular formula is C14H27N3O. The van der Waals surface area contributed by atoms with Gasteiger partial charge in [0.05, 0.1) is 6.04 Å². The van der Waals surface area contributed by atoms with Crippen LogP contribution in [0.1, 0.15) is 45.4 Å². The molecule has 0 saturated heterocycles. The van der Waals surface area contributed by atoms with Crippen LogP contribution in [-0.4, -0.2) is 54.0 Å². The van der Waals surface area contributed by atoms with Crippen molar-refractivity contribution < 1.29 is 4.79 Å². The third-order valence-corrected chi connectivity index (χ3v) is 4.30. The minimum atomic E-state index is -0.365. The Labute approximate surface area is 110 Å². The zero-order chi connectivity index (χ0) is 13.3. The fourth-order valence-electron chi connectivity index (χ4n) is 3.22. The number of carbonyl (C=O) groups is 1. The van der Waals surface area contributed by atoms with Gasteiger partial charge in [-0.3, -0.25) is 4.79 Å². The molecule has 2 aliphatic carbocycles. The summed E-state index contributed by atoms with van der Waals surface area (Å²) in [4.78, 5) is 16.8. The van der Waals surface area contributed by atoms with Crippen molar-refractivity contribution >= 4 is 5.91 Å². The molecule has 4 heteroatoms. The highest BCUT2D eigenvalue weighted by Crippen LogP contribution is 2.35. The van der Waals surface area contributed by atoms with Gasteiger partial charge < -0.3 is 15.5 Å². The SMILES string of the molecule is C[C@H](N)C(=O)N(C1CC1)[C@H]1CCCC[C@@H]1N(C)C. The lowest BCUT2D eigenvalue weighted by Gasteiger charge is -2.43. The molecule has 0 heterocycles. The van der Waals surface area contributed by atoms with Gasteiger partial charge in [0.1, 0.15) is 0 Å². The van der Waals surface area contributed by atoms with Crippen LogP contribution in [0.25, 0.3) is 0 Å². The Kier molecular flexibility index (Phi) is 4.28. The Hall–Kier alpha value is -0.610. The minimum absolute atomic E-state index is 0.149. The first-order chi connectivity index (χ1) is 8.52. The van der Waals surface area contributed by atoms with E-state index in [0.717, 1.165) is 19.3 Å². The van der Waals surface area contributed by atoms with Crippen LogP contribution in [0.2, 0.25) is 0 Å². The van der Waals surface area contributed by atoms with Crippen LogP contribution in [0, 0.1) is 0 Å². The van der Waals surface area contributed by atoms with Crippen molar-refractivity contribution in [2.24, 2.45) is 5.73 Å². The van der Waals surface area contributed by atoms with Crippen molar-refractivity contribution in [3.05, 3.63) is 0 Å². The van der Waals surface area contributed by atoms with Gasteiger partial charge in [-0.2, -0.15) is 0 Å². The number of carbonyl (C=O) groups excluding carboxylic acids is 1. The number of likely N-dealkylation sites (N-methyl/N-ethyl adjacent to an activating group) is 1. The Morgan fingerprint density at radius 2 is 1.67 bits per heavy atom. The van der Waals surface area contributed by atoms with Gasteiger partial charge >= 0.3 is 0 Å². The van der Waals surface area contributed by atoms with E-state index in [1.165, 1.54) is 19.3 Å². The average Bonchev–Trinajstić information content (AvgIpc) is 3.14. The summed E-state index contributed by atoms with van der Waals surface area (Å²) in [5.74, 6) is 0.149. The molecule has 0 unspecified atom stereocenters. The predicted molar refractivity (Wildman–Crippen MR) is 73.2 cm³/mol. The molecule has 0 spiro atoms. The van der Waals surface area contributed by atoms with Gasteiger partial charge in [0.15, 0.2) is 0 Å². The number of amides is 1. The third-order valence-electron chi connectivity index (χ3n) is 4.30. The van der Waals surface area contributed by atoms with Crippen LogP contribution < -0.4 is 5.73 Å². The Bertz CT molecular complexity index is 299. The molecule has 4 nitrogen and oxygen atoms in total. The standard InChI is InChI=1S/C14H27N3O/c1-10(15)14(18)17(11-8-9-11)13-7-5-4-6-12(13)16(2)3/h10-13H,4-9,15H2,1-3H3/t10-,12-,13-/m0/s1. The number of rotatable bonds is 4. The van der Waals surface area contributed by atoms with E-state index >= 15 is 0 Å². The molecule has 0 aromatic rings. The van der Waals surface area contributed by atoms with E-state index in [1.54, 1.807) is 0 Å². The summed E-state index contributed by atoms with van der Waals surface area (Å²) < 4.78 is 0. The van der Waals surface area contributed by atoms with Crippen LogP contribution in [0.15, 0.2) is 0 Å². The van der Waals surface area contributed by atoms with Crippen molar-refractivity contribution in [3.8, 4) is 0 Å². The van der Waals surface area contributed by atoms with E-state index < -0.39 is 0 Å². The fraction of sp³-hybridized carbons (Fsp3) is 0.929. The van der Waals surface area contributed by atoms with E-state index in [1.807, 2.05) is 6.92 Å². The highest BCUT2D eigenvalue weighted by Gasteiger charge is 2.42. The van der Waals surface area contributed by atoms with E-state index in [4.69, 9.17) is 5.73 Å². The molecule has 0 bridgehead atoms. The van der Waals surface area contributed by atoms with E-state index in [9.17, 15) is 4.79 Å². The maximum absolute atomic E-state index is 12.4. The maximum atomic E-state index is 12.4. The van der Waals surface area contributed by atoms with Crippen molar-refractivity contribution in [1.82, 2.24) is 9.80 Å².